The number of nitrogens with one attached hydrogen (secondary N) is 3. The summed E-state index contributed by atoms with van der Waals surface area (Å²) < 4.78 is 6.21. The number of benzene rings is 4. The summed E-state index contributed by atoms with van der Waals surface area (Å²) in [7, 11) is 0. The molecule has 4 aromatic carbocycles. The number of H-pyrrole nitrogens is 3. The maximum atomic E-state index is 6.45. The van der Waals surface area contributed by atoms with Gasteiger partial charge in [0.15, 0.2) is 0 Å². The van der Waals surface area contributed by atoms with E-state index in [-0.39, 0.29) is 5.92 Å². The molecular formula is C34H23Cl2N5O. The Labute approximate surface area is 250 Å². The van der Waals surface area contributed by atoms with Crippen LogP contribution in [0.2, 0.25) is 10.0 Å². The van der Waals surface area contributed by atoms with E-state index in [0.29, 0.717) is 21.8 Å². The molecule has 8 aromatic rings. The zero-order valence-corrected chi connectivity index (χ0v) is 23.9. The molecule has 0 atom stereocenters. The van der Waals surface area contributed by atoms with Crippen LogP contribution in [0.5, 0.6) is 0 Å². The molecule has 0 aliphatic heterocycles. The van der Waals surface area contributed by atoms with Gasteiger partial charge in [-0.2, -0.15) is 0 Å². The van der Waals surface area contributed by atoms with Gasteiger partial charge in [-0.15, -0.1) is 10.2 Å². The van der Waals surface area contributed by atoms with E-state index in [1.54, 1.807) is 0 Å². The van der Waals surface area contributed by atoms with E-state index in [0.717, 1.165) is 66.2 Å². The summed E-state index contributed by atoms with van der Waals surface area (Å²) in [6, 6.07) is 28.3. The number of hydrogen-bond acceptors (Lipinski definition) is 3. The van der Waals surface area contributed by atoms with Gasteiger partial charge < -0.3 is 19.4 Å². The number of para-hydroxylation sites is 1. The third kappa shape index (κ3) is 4.03. The predicted octanol–water partition coefficient (Wildman–Crippen LogP) is 9.64. The summed E-state index contributed by atoms with van der Waals surface area (Å²) >= 11 is 12.9. The minimum Gasteiger partial charge on any atom is -0.416 e. The van der Waals surface area contributed by atoms with E-state index in [1.165, 1.54) is 0 Å². The van der Waals surface area contributed by atoms with Crippen LogP contribution in [-0.2, 0) is 0 Å². The minimum absolute atomic E-state index is 0.0920. The van der Waals surface area contributed by atoms with Crippen LogP contribution in [0.25, 0.3) is 55.6 Å². The first-order valence-electron chi connectivity index (χ1n) is 13.6. The highest BCUT2D eigenvalue weighted by molar-refractivity contribution is 6.31. The molecule has 8 heteroatoms. The van der Waals surface area contributed by atoms with Gasteiger partial charge in [0.1, 0.15) is 0 Å². The summed E-state index contributed by atoms with van der Waals surface area (Å²) in [6.45, 7) is 2.02. The van der Waals surface area contributed by atoms with Crippen molar-refractivity contribution in [3.63, 3.8) is 0 Å². The highest BCUT2D eigenvalue weighted by Gasteiger charge is 2.24. The Hall–Kier alpha value is -4.78. The van der Waals surface area contributed by atoms with Crippen molar-refractivity contribution in [1.29, 1.82) is 0 Å². The van der Waals surface area contributed by atoms with Crippen LogP contribution in [0.1, 0.15) is 28.3 Å². The Kier molecular flexibility index (Phi) is 5.74. The van der Waals surface area contributed by atoms with Crippen molar-refractivity contribution < 1.29 is 4.42 Å². The predicted molar refractivity (Wildman–Crippen MR) is 169 cm³/mol. The third-order valence-corrected chi connectivity index (χ3v) is 8.47. The Morgan fingerprint density at radius 2 is 1.29 bits per heavy atom. The highest BCUT2D eigenvalue weighted by Crippen LogP contribution is 2.41. The molecule has 8 rings (SSSR count). The number of fused-ring (bicyclic) bond motifs is 3. The van der Waals surface area contributed by atoms with Gasteiger partial charge in [-0.05, 0) is 78.2 Å². The van der Waals surface area contributed by atoms with E-state index in [9.17, 15) is 0 Å². The smallest absolute Gasteiger partial charge is 0.250 e. The lowest BCUT2D eigenvalue weighted by atomic mass is 9.84. The van der Waals surface area contributed by atoms with Crippen molar-refractivity contribution in [2.75, 3.05) is 0 Å². The van der Waals surface area contributed by atoms with Crippen LogP contribution in [0.4, 0.5) is 0 Å². The Morgan fingerprint density at radius 3 is 1.95 bits per heavy atom. The maximum Gasteiger partial charge on any atom is 0.250 e. The van der Waals surface area contributed by atoms with Crippen molar-refractivity contribution in [3.05, 3.63) is 130 Å². The van der Waals surface area contributed by atoms with Crippen LogP contribution in [0.15, 0.2) is 102 Å². The summed E-state index contributed by atoms with van der Waals surface area (Å²) in [4.78, 5) is 10.3. The van der Waals surface area contributed by atoms with Crippen molar-refractivity contribution in [3.8, 4) is 22.9 Å². The molecule has 0 aliphatic rings. The molecule has 0 aliphatic carbocycles. The van der Waals surface area contributed by atoms with Gasteiger partial charge in [0.05, 0.1) is 5.56 Å². The van der Waals surface area contributed by atoms with Gasteiger partial charge in [0, 0.05) is 72.3 Å². The second-order valence-electron chi connectivity index (χ2n) is 10.5. The van der Waals surface area contributed by atoms with E-state index in [1.807, 2.05) is 73.7 Å². The number of aromatic amines is 3. The lowest BCUT2D eigenvalue weighted by Crippen LogP contribution is -2.02. The Morgan fingerprint density at radius 1 is 0.667 bits per heavy atom. The number of nitrogens with zero attached hydrogens (tertiary/aromatic N) is 2. The number of aromatic nitrogens is 5. The Balaban J connectivity index is 1.23. The van der Waals surface area contributed by atoms with Gasteiger partial charge in [-0.1, -0.05) is 53.5 Å². The normalized spacial score (nSPS) is 11.9. The molecule has 4 aromatic heterocycles. The average Bonchev–Trinajstić information content (AvgIpc) is 3.79. The van der Waals surface area contributed by atoms with Crippen LogP contribution < -0.4 is 0 Å². The lowest BCUT2D eigenvalue weighted by Gasteiger charge is -2.18. The molecule has 0 fully saturated rings. The fraction of sp³-hybridized carbons (Fsp3) is 0.0588. The van der Waals surface area contributed by atoms with Gasteiger partial charge in [0.25, 0.3) is 5.89 Å². The Bertz CT molecular complexity index is 2170. The largest absolute Gasteiger partial charge is 0.416 e. The van der Waals surface area contributed by atoms with Gasteiger partial charge in [0.2, 0.25) is 5.89 Å². The number of aryl methyl sites for hydroxylation is 1. The molecule has 4 heterocycles. The second-order valence-corrected chi connectivity index (χ2v) is 11.4. The summed E-state index contributed by atoms with van der Waals surface area (Å²) in [5.74, 6) is 0.870. The van der Waals surface area contributed by atoms with E-state index >= 15 is 0 Å². The van der Waals surface area contributed by atoms with E-state index in [2.05, 4.69) is 55.7 Å². The van der Waals surface area contributed by atoms with Gasteiger partial charge in [-0.3, -0.25) is 0 Å². The molecule has 204 valence electrons. The summed E-state index contributed by atoms with van der Waals surface area (Å²) in [5, 5.41) is 13.4. The van der Waals surface area contributed by atoms with E-state index < -0.39 is 0 Å². The quantitative estimate of drug-likeness (QED) is 0.187. The van der Waals surface area contributed by atoms with Crippen molar-refractivity contribution in [2.24, 2.45) is 0 Å². The molecule has 42 heavy (non-hydrogen) atoms. The van der Waals surface area contributed by atoms with Crippen molar-refractivity contribution in [1.82, 2.24) is 25.1 Å². The molecule has 0 unspecified atom stereocenters. The molecule has 0 saturated heterocycles. The topological polar surface area (TPSA) is 86.3 Å². The third-order valence-electron chi connectivity index (χ3n) is 8.00. The van der Waals surface area contributed by atoms with Gasteiger partial charge in [-0.25, -0.2) is 0 Å². The fourth-order valence-electron chi connectivity index (χ4n) is 6.04. The molecule has 0 spiro atoms. The molecule has 0 amide bonds. The van der Waals surface area contributed by atoms with Crippen LogP contribution >= 0.6 is 23.2 Å². The maximum absolute atomic E-state index is 6.45. The first kappa shape index (κ1) is 25.0. The summed E-state index contributed by atoms with van der Waals surface area (Å²) in [6.07, 6.45) is 4.13. The standard InChI is InChI=1S/C34H23Cl2N5O/c1-18-31(23-4-2-3-5-30(23)39-18)34-41-40-33(42-34)20-8-6-19(7-9-20)32(26-16-37-28-12-10-21(35)14-24(26)28)27-17-38-29-13-11-22(36)15-25(27)29/h2-17,32,37-39H,1H3. The monoisotopic (exact) mass is 587 g/mol. The number of rotatable bonds is 5. The van der Waals surface area contributed by atoms with Crippen LogP contribution in [-0.4, -0.2) is 25.1 Å². The first-order valence-corrected chi connectivity index (χ1v) is 14.3. The molecular weight excluding hydrogens is 565 g/mol. The molecule has 0 saturated carbocycles. The van der Waals surface area contributed by atoms with Crippen LogP contribution in [0.3, 0.4) is 0 Å². The average molecular weight is 588 g/mol. The second kappa shape index (κ2) is 9.65. The molecule has 0 bridgehead atoms. The fourth-order valence-corrected chi connectivity index (χ4v) is 6.39. The highest BCUT2D eigenvalue weighted by atomic mass is 35.5. The van der Waals surface area contributed by atoms with E-state index in [4.69, 9.17) is 27.6 Å². The zero-order valence-electron chi connectivity index (χ0n) is 22.4. The van der Waals surface area contributed by atoms with Crippen LogP contribution in [0, 0.1) is 6.92 Å². The SMILES string of the molecule is Cc1[nH]c2ccccc2c1-c1nnc(-c2ccc(C(c3c[nH]c4ccc(Cl)cc34)c3c[nH]c4ccc(Cl)cc34)cc2)o1. The van der Waals surface area contributed by atoms with Gasteiger partial charge >= 0.3 is 0 Å². The molecule has 6 nitrogen and oxygen atoms in total. The zero-order chi connectivity index (χ0) is 28.4. The molecule has 3 N–H and O–H groups in total. The molecule has 0 radical (unpaired) electrons. The minimum atomic E-state index is -0.0920. The lowest BCUT2D eigenvalue weighted by molar-refractivity contribution is 0.584. The number of hydrogen-bond donors (Lipinski definition) is 3. The van der Waals surface area contributed by atoms with Crippen molar-refractivity contribution in [2.45, 2.75) is 12.8 Å². The number of halogens is 2. The van der Waals surface area contributed by atoms with Crippen molar-refractivity contribution >= 4 is 55.9 Å². The first-order chi connectivity index (χ1) is 20.5. The summed E-state index contributed by atoms with van der Waals surface area (Å²) in [5.41, 5.74) is 9.20.